The maximum atomic E-state index is 12.5. The van der Waals surface area contributed by atoms with Crippen molar-refractivity contribution in [1.29, 1.82) is 0 Å². The maximum Gasteiger partial charge on any atom is 0.323 e. The van der Waals surface area contributed by atoms with Gasteiger partial charge in [0.15, 0.2) is 0 Å². The highest BCUT2D eigenvalue weighted by molar-refractivity contribution is 6.01. The average molecular weight is 511 g/mol. The van der Waals surface area contributed by atoms with Crippen molar-refractivity contribution in [3.8, 4) is 22.6 Å². The average Bonchev–Trinajstić information content (AvgIpc) is 2.92. The third-order valence-electron chi connectivity index (χ3n) is 5.98. The van der Waals surface area contributed by atoms with E-state index in [2.05, 4.69) is 21.3 Å². The predicted molar refractivity (Wildman–Crippen MR) is 153 cm³/mol. The molecule has 0 atom stereocenters. The number of nitrogens with one attached hydrogen (secondary N) is 4. The molecule has 38 heavy (non-hydrogen) atoms. The Morgan fingerprint density at radius 3 is 1.21 bits per heavy atom. The largest absolute Gasteiger partial charge is 0.497 e. The van der Waals surface area contributed by atoms with Crippen molar-refractivity contribution in [3.05, 3.63) is 96.1 Å². The van der Waals surface area contributed by atoms with Crippen molar-refractivity contribution >= 4 is 34.8 Å². The fraction of sp³-hybridized carbons (Fsp3) is 0.133. The lowest BCUT2D eigenvalue weighted by Gasteiger charge is -2.14. The van der Waals surface area contributed by atoms with Crippen LogP contribution in [0.2, 0.25) is 0 Å². The highest BCUT2D eigenvalue weighted by Crippen LogP contribution is 2.28. The Kier molecular flexibility index (Phi) is 8.13. The molecule has 0 aliphatic carbocycles. The zero-order valence-electron chi connectivity index (χ0n) is 21.7. The quantitative estimate of drug-likeness (QED) is 0.210. The van der Waals surface area contributed by atoms with Gasteiger partial charge in [-0.25, -0.2) is 9.59 Å². The van der Waals surface area contributed by atoms with Crippen LogP contribution in [0, 0.1) is 13.8 Å². The van der Waals surface area contributed by atoms with Crippen LogP contribution >= 0.6 is 0 Å². The van der Waals surface area contributed by atoms with Gasteiger partial charge in [-0.1, -0.05) is 12.1 Å². The van der Waals surface area contributed by atoms with Crippen molar-refractivity contribution in [1.82, 2.24) is 0 Å². The first-order valence-electron chi connectivity index (χ1n) is 12.0. The van der Waals surface area contributed by atoms with Crippen LogP contribution in [0.3, 0.4) is 0 Å². The van der Waals surface area contributed by atoms with Crippen molar-refractivity contribution in [2.75, 3.05) is 35.5 Å². The molecule has 4 amide bonds. The van der Waals surface area contributed by atoms with E-state index in [0.29, 0.717) is 22.7 Å². The summed E-state index contributed by atoms with van der Waals surface area (Å²) in [5.74, 6) is 1.44. The third kappa shape index (κ3) is 6.61. The van der Waals surface area contributed by atoms with Crippen molar-refractivity contribution in [3.63, 3.8) is 0 Å². The third-order valence-corrected chi connectivity index (χ3v) is 5.98. The molecule has 194 valence electrons. The van der Waals surface area contributed by atoms with E-state index < -0.39 is 0 Å². The zero-order valence-corrected chi connectivity index (χ0v) is 21.7. The molecular weight excluding hydrogens is 480 g/mol. The monoisotopic (exact) mass is 510 g/mol. The topological polar surface area (TPSA) is 101 Å². The number of anilines is 4. The van der Waals surface area contributed by atoms with Crippen molar-refractivity contribution in [2.45, 2.75) is 13.8 Å². The summed E-state index contributed by atoms with van der Waals surface area (Å²) in [6, 6.07) is 25.3. The Bertz CT molecular complexity index is 1320. The molecule has 0 saturated heterocycles. The summed E-state index contributed by atoms with van der Waals surface area (Å²) in [5.41, 5.74) is 6.60. The molecule has 0 radical (unpaired) electrons. The fourth-order valence-electron chi connectivity index (χ4n) is 3.88. The first kappa shape index (κ1) is 26.1. The Balaban J connectivity index is 1.38. The number of carbonyl (C=O) groups excluding carboxylic acids is 2. The van der Waals surface area contributed by atoms with Crippen molar-refractivity contribution in [2.24, 2.45) is 0 Å². The minimum Gasteiger partial charge on any atom is -0.497 e. The summed E-state index contributed by atoms with van der Waals surface area (Å²) < 4.78 is 10.3. The van der Waals surface area contributed by atoms with Crippen LogP contribution in [0.5, 0.6) is 11.5 Å². The van der Waals surface area contributed by atoms with Crippen molar-refractivity contribution < 1.29 is 19.1 Å². The van der Waals surface area contributed by atoms with Gasteiger partial charge in [-0.05, 0) is 109 Å². The standard InChI is InChI=1S/C30H30N4O4/c1-19-17-21(5-15-27(19)33-29(35)31-23-7-11-25(37-3)12-8-23)22-6-16-28(20(2)18-22)34-30(36)32-24-9-13-26(38-4)14-10-24/h5-18H,1-4H3,(H2,31,33,35)(H2,32,34,36). The van der Waals surface area contributed by atoms with Gasteiger partial charge in [-0.15, -0.1) is 0 Å². The number of urea groups is 2. The molecule has 0 aliphatic rings. The van der Waals surface area contributed by atoms with E-state index >= 15 is 0 Å². The van der Waals surface area contributed by atoms with Gasteiger partial charge in [0.1, 0.15) is 11.5 Å². The second-order valence-corrected chi connectivity index (χ2v) is 8.67. The molecule has 0 bridgehead atoms. The van der Waals surface area contributed by atoms with Gasteiger partial charge in [0, 0.05) is 22.7 Å². The van der Waals surface area contributed by atoms with Crippen LogP contribution in [-0.2, 0) is 0 Å². The van der Waals surface area contributed by atoms with E-state index in [1.807, 2.05) is 50.2 Å². The van der Waals surface area contributed by atoms with E-state index in [-0.39, 0.29) is 12.1 Å². The van der Waals surface area contributed by atoms with Gasteiger partial charge in [0.2, 0.25) is 0 Å². The Labute approximate surface area is 222 Å². The fourth-order valence-corrected chi connectivity index (χ4v) is 3.88. The van der Waals surface area contributed by atoms with Gasteiger partial charge in [-0.2, -0.15) is 0 Å². The van der Waals surface area contributed by atoms with E-state index in [9.17, 15) is 9.59 Å². The van der Waals surface area contributed by atoms with Crippen LogP contribution in [0.15, 0.2) is 84.9 Å². The van der Waals surface area contributed by atoms with E-state index in [1.54, 1.807) is 62.8 Å². The van der Waals surface area contributed by atoms with Gasteiger partial charge in [0.05, 0.1) is 14.2 Å². The molecule has 4 aromatic rings. The summed E-state index contributed by atoms with van der Waals surface area (Å²) >= 11 is 0. The number of aryl methyl sites for hydroxylation is 2. The lowest BCUT2D eigenvalue weighted by Crippen LogP contribution is -2.20. The normalized spacial score (nSPS) is 10.3. The van der Waals surface area contributed by atoms with Crippen LogP contribution in [0.25, 0.3) is 11.1 Å². The molecule has 4 rings (SSSR count). The summed E-state index contributed by atoms with van der Waals surface area (Å²) in [4.78, 5) is 24.9. The lowest BCUT2D eigenvalue weighted by atomic mass is 10.00. The second kappa shape index (κ2) is 11.8. The number of carbonyl (C=O) groups is 2. The molecule has 0 aromatic heterocycles. The number of hydrogen-bond acceptors (Lipinski definition) is 4. The minimum atomic E-state index is -0.329. The van der Waals surface area contributed by atoms with Gasteiger partial charge in [0.25, 0.3) is 0 Å². The van der Waals surface area contributed by atoms with Gasteiger partial charge < -0.3 is 30.7 Å². The Morgan fingerprint density at radius 1 is 0.526 bits per heavy atom. The van der Waals surface area contributed by atoms with E-state index in [0.717, 1.165) is 33.8 Å². The van der Waals surface area contributed by atoms with Gasteiger partial charge in [-0.3, -0.25) is 0 Å². The number of hydrogen-bond donors (Lipinski definition) is 4. The molecule has 0 aliphatic heterocycles. The molecule has 0 saturated carbocycles. The highest BCUT2D eigenvalue weighted by Gasteiger charge is 2.10. The summed E-state index contributed by atoms with van der Waals surface area (Å²) in [6.07, 6.45) is 0. The molecule has 4 aromatic carbocycles. The summed E-state index contributed by atoms with van der Waals surface area (Å²) in [6.45, 7) is 3.89. The summed E-state index contributed by atoms with van der Waals surface area (Å²) in [5, 5.41) is 11.4. The van der Waals surface area contributed by atoms with Crippen LogP contribution in [0.4, 0.5) is 32.3 Å². The zero-order chi connectivity index (χ0) is 27.1. The van der Waals surface area contributed by atoms with Gasteiger partial charge >= 0.3 is 12.1 Å². The molecule has 0 fully saturated rings. The molecule has 8 nitrogen and oxygen atoms in total. The van der Waals surface area contributed by atoms with Crippen LogP contribution in [0.1, 0.15) is 11.1 Å². The molecule has 0 unspecified atom stereocenters. The highest BCUT2D eigenvalue weighted by atomic mass is 16.5. The van der Waals surface area contributed by atoms with Crippen LogP contribution in [-0.4, -0.2) is 26.3 Å². The van der Waals surface area contributed by atoms with Crippen LogP contribution < -0.4 is 30.7 Å². The smallest absolute Gasteiger partial charge is 0.323 e. The maximum absolute atomic E-state index is 12.5. The first-order chi connectivity index (χ1) is 18.3. The number of rotatable bonds is 7. The number of methoxy groups -OCH3 is 2. The molecule has 8 heteroatoms. The summed E-state index contributed by atoms with van der Waals surface area (Å²) in [7, 11) is 3.19. The molecular formula is C30H30N4O4. The lowest BCUT2D eigenvalue weighted by molar-refractivity contribution is 0.261. The number of amides is 4. The molecule has 0 heterocycles. The van der Waals surface area contributed by atoms with E-state index in [1.165, 1.54) is 0 Å². The Hall–Kier alpha value is -4.98. The molecule has 4 N–H and O–H groups in total. The Morgan fingerprint density at radius 2 is 0.895 bits per heavy atom. The SMILES string of the molecule is COc1ccc(NC(=O)Nc2ccc(-c3ccc(NC(=O)Nc4ccc(OC)cc4)c(C)c3)cc2C)cc1. The van der Waals surface area contributed by atoms with E-state index in [4.69, 9.17) is 9.47 Å². The predicted octanol–water partition coefficient (Wildman–Crippen LogP) is 7.28. The number of benzene rings is 4. The minimum absolute atomic E-state index is 0.329. The molecule has 0 spiro atoms. The first-order valence-corrected chi connectivity index (χ1v) is 12.0. The number of ether oxygens (including phenoxy) is 2. The second-order valence-electron chi connectivity index (χ2n) is 8.67.